The molecule has 0 saturated carbocycles. The number of nitrogens with one attached hydrogen (secondary N) is 2. The van der Waals surface area contributed by atoms with Gasteiger partial charge < -0.3 is 14.8 Å². The summed E-state index contributed by atoms with van der Waals surface area (Å²) in [7, 11) is 1.53. The summed E-state index contributed by atoms with van der Waals surface area (Å²) < 4.78 is 24.0. The number of nitrogens with zero attached hydrogens (tertiary/aromatic N) is 1. The van der Waals surface area contributed by atoms with Gasteiger partial charge in [0.1, 0.15) is 23.7 Å². The van der Waals surface area contributed by atoms with E-state index in [1.807, 2.05) is 0 Å². The molecule has 0 fully saturated rings. The molecule has 1 aromatic heterocycles. The summed E-state index contributed by atoms with van der Waals surface area (Å²) in [5, 5.41) is 8.77. The number of carbonyl (C=O) groups is 1. The summed E-state index contributed by atoms with van der Waals surface area (Å²) in [5.41, 5.74) is 0.297. The van der Waals surface area contributed by atoms with Gasteiger partial charge in [0.15, 0.2) is 0 Å². The van der Waals surface area contributed by atoms with Crippen LogP contribution in [0.3, 0.4) is 0 Å². The van der Waals surface area contributed by atoms with Crippen LogP contribution in [0.4, 0.5) is 10.1 Å². The number of H-pyrrole nitrogens is 1. The fourth-order valence-electron chi connectivity index (χ4n) is 1.59. The number of methoxy groups -OCH3 is 1. The largest absolute Gasteiger partial charge is 0.490 e. The second-order valence-corrected chi connectivity index (χ2v) is 3.90. The van der Waals surface area contributed by atoms with Gasteiger partial charge in [0.25, 0.3) is 5.91 Å². The Morgan fingerprint density at radius 1 is 1.45 bits per heavy atom. The zero-order valence-electron chi connectivity index (χ0n) is 10.9. The first-order valence-corrected chi connectivity index (χ1v) is 5.92. The van der Waals surface area contributed by atoms with Crippen LogP contribution < -0.4 is 10.1 Å². The quantitative estimate of drug-likeness (QED) is 0.791. The van der Waals surface area contributed by atoms with Crippen LogP contribution in [-0.4, -0.2) is 36.4 Å². The van der Waals surface area contributed by atoms with Crippen molar-refractivity contribution < 1.29 is 18.7 Å². The van der Waals surface area contributed by atoms with Gasteiger partial charge in [-0.3, -0.25) is 9.89 Å². The van der Waals surface area contributed by atoms with E-state index in [-0.39, 0.29) is 17.9 Å². The monoisotopic (exact) mass is 279 g/mol. The lowest BCUT2D eigenvalue weighted by molar-refractivity contribution is 0.101. The zero-order valence-corrected chi connectivity index (χ0v) is 10.9. The van der Waals surface area contributed by atoms with Crippen LogP contribution in [0.25, 0.3) is 0 Å². The number of amides is 1. The molecule has 20 heavy (non-hydrogen) atoms. The van der Waals surface area contributed by atoms with Gasteiger partial charge in [0, 0.05) is 13.3 Å². The van der Waals surface area contributed by atoms with Crippen LogP contribution in [0.15, 0.2) is 30.6 Å². The maximum atomic E-state index is 13.8. The van der Waals surface area contributed by atoms with Crippen molar-refractivity contribution in [3.05, 3.63) is 42.0 Å². The Morgan fingerprint density at radius 2 is 2.30 bits per heavy atom. The highest BCUT2D eigenvalue weighted by Gasteiger charge is 2.18. The van der Waals surface area contributed by atoms with Crippen molar-refractivity contribution in [3.63, 3.8) is 0 Å². The van der Waals surface area contributed by atoms with Crippen LogP contribution in [-0.2, 0) is 4.74 Å². The van der Waals surface area contributed by atoms with E-state index in [1.165, 1.54) is 37.7 Å². The van der Waals surface area contributed by atoms with E-state index in [0.29, 0.717) is 12.3 Å². The second-order valence-electron chi connectivity index (χ2n) is 3.90. The number of anilines is 1. The van der Waals surface area contributed by atoms with E-state index in [2.05, 4.69) is 15.5 Å². The normalized spacial score (nSPS) is 10.3. The van der Waals surface area contributed by atoms with E-state index in [4.69, 9.17) is 9.47 Å². The molecule has 106 valence electrons. The smallest absolute Gasteiger partial charge is 0.262 e. The lowest BCUT2D eigenvalue weighted by Gasteiger charge is -2.11. The van der Waals surface area contributed by atoms with E-state index in [1.54, 1.807) is 0 Å². The molecule has 0 spiro atoms. The lowest BCUT2D eigenvalue weighted by Crippen LogP contribution is -2.16. The van der Waals surface area contributed by atoms with E-state index in [0.717, 1.165) is 0 Å². The highest BCUT2D eigenvalue weighted by atomic mass is 19.1. The first-order chi connectivity index (χ1) is 9.72. The number of ether oxygens (including phenoxy) is 2. The molecule has 0 aliphatic carbocycles. The third kappa shape index (κ3) is 3.33. The van der Waals surface area contributed by atoms with Crippen molar-refractivity contribution in [1.29, 1.82) is 0 Å². The molecule has 0 bridgehead atoms. The molecule has 0 aliphatic rings. The van der Waals surface area contributed by atoms with E-state index >= 15 is 0 Å². The molecular weight excluding hydrogens is 265 g/mol. The van der Waals surface area contributed by atoms with E-state index in [9.17, 15) is 9.18 Å². The fraction of sp³-hybridized carbons (Fsp3) is 0.231. The van der Waals surface area contributed by atoms with Crippen LogP contribution in [0.5, 0.6) is 5.75 Å². The summed E-state index contributed by atoms with van der Waals surface area (Å²) in [4.78, 5) is 12.1. The van der Waals surface area contributed by atoms with Crippen LogP contribution in [0, 0.1) is 5.82 Å². The molecule has 1 aromatic carbocycles. The minimum Gasteiger partial charge on any atom is -0.490 e. The highest BCUT2D eigenvalue weighted by Crippen LogP contribution is 2.22. The van der Waals surface area contributed by atoms with Crippen molar-refractivity contribution in [2.24, 2.45) is 0 Å². The minimum absolute atomic E-state index is 0.148. The predicted octanol–water partition coefficient (Wildman–Crippen LogP) is 1.83. The molecule has 0 unspecified atom stereocenters. The Bertz CT molecular complexity index is 572. The molecule has 2 N–H and O–H groups in total. The van der Waals surface area contributed by atoms with Crippen molar-refractivity contribution in [1.82, 2.24) is 10.2 Å². The Balaban J connectivity index is 2.18. The Hall–Kier alpha value is -2.41. The SMILES string of the molecule is COCCOc1cccc(F)c1C(=O)Nc1cn[nH]c1. The lowest BCUT2D eigenvalue weighted by atomic mass is 10.1. The van der Waals surface area contributed by atoms with Gasteiger partial charge in [-0.15, -0.1) is 0 Å². The first kappa shape index (κ1) is 14.0. The third-order valence-corrected chi connectivity index (χ3v) is 2.50. The van der Waals surface area contributed by atoms with Gasteiger partial charge in [-0.25, -0.2) is 4.39 Å². The Kier molecular flexibility index (Phi) is 4.67. The molecule has 6 nitrogen and oxygen atoms in total. The number of carbonyl (C=O) groups excluding carboxylic acids is 1. The van der Waals surface area contributed by atoms with Gasteiger partial charge in [0.05, 0.1) is 18.5 Å². The standard InChI is InChI=1S/C13H14FN3O3/c1-19-5-6-20-11-4-2-3-10(14)12(11)13(18)17-9-7-15-16-8-9/h2-4,7-8H,5-6H2,1H3,(H,15,16)(H,17,18). The average molecular weight is 279 g/mol. The summed E-state index contributed by atoms with van der Waals surface area (Å²) in [6, 6.07) is 4.21. The minimum atomic E-state index is -0.652. The van der Waals surface area contributed by atoms with Crippen molar-refractivity contribution in [3.8, 4) is 5.75 Å². The third-order valence-electron chi connectivity index (χ3n) is 2.50. The molecule has 7 heteroatoms. The summed E-state index contributed by atoms with van der Waals surface area (Å²) in [6.45, 7) is 0.575. The molecule has 0 aliphatic heterocycles. The van der Waals surface area contributed by atoms with Gasteiger partial charge >= 0.3 is 0 Å². The summed E-state index contributed by atoms with van der Waals surface area (Å²) in [6.07, 6.45) is 2.91. The molecule has 2 aromatic rings. The van der Waals surface area contributed by atoms with Gasteiger partial charge in [-0.05, 0) is 12.1 Å². The molecule has 2 rings (SSSR count). The van der Waals surface area contributed by atoms with Crippen molar-refractivity contribution in [2.45, 2.75) is 0 Å². The zero-order chi connectivity index (χ0) is 14.4. The molecule has 0 saturated heterocycles. The Morgan fingerprint density at radius 3 is 3.00 bits per heavy atom. The van der Waals surface area contributed by atoms with Crippen LogP contribution in [0.2, 0.25) is 0 Å². The van der Waals surface area contributed by atoms with Crippen molar-refractivity contribution >= 4 is 11.6 Å². The van der Waals surface area contributed by atoms with E-state index < -0.39 is 11.7 Å². The van der Waals surface area contributed by atoms with Gasteiger partial charge in [-0.2, -0.15) is 5.10 Å². The maximum Gasteiger partial charge on any atom is 0.262 e. The predicted molar refractivity (Wildman–Crippen MR) is 70.3 cm³/mol. The van der Waals surface area contributed by atoms with Crippen LogP contribution in [0.1, 0.15) is 10.4 Å². The number of aromatic nitrogens is 2. The molecule has 0 atom stereocenters. The molecule has 1 heterocycles. The summed E-state index contributed by atoms with van der Waals surface area (Å²) in [5.74, 6) is -1.08. The number of aromatic amines is 1. The number of hydrogen-bond acceptors (Lipinski definition) is 4. The average Bonchev–Trinajstić information content (AvgIpc) is 2.92. The van der Waals surface area contributed by atoms with Gasteiger partial charge in [0.2, 0.25) is 0 Å². The molecule has 0 radical (unpaired) electrons. The maximum absolute atomic E-state index is 13.8. The topological polar surface area (TPSA) is 76.2 Å². The molecular formula is C13H14FN3O3. The second kappa shape index (κ2) is 6.67. The summed E-state index contributed by atoms with van der Waals surface area (Å²) >= 11 is 0. The number of rotatable bonds is 6. The Labute approximate surface area is 114 Å². The highest BCUT2D eigenvalue weighted by molar-refractivity contribution is 6.06. The number of halogens is 1. The van der Waals surface area contributed by atoms with Crippen LogP contribution >= 0.6 is 0 Å². The van der Waals surface area contributed by atoms with Gasteiger partial charge in [-0.1, -0.05) is 6.07 Å². The number of hydrogen-bond donors (Lipinski definition) is 2. The fourth-order valence-corrected chi connectivity index (χ4v) is 1.59. The number of benzene rings is 1. The molecule has 1 amide bonds. The first-order valence-electron chi connectivity index (χ1n) is 5.92. The van der Waals surface area contributed by atoms with Crippen molar-refractivity contribution in [2.75, 3.05) is 25.6 Å².